The van der Waals surface area contributed by atoms with Crippen LogP contribution >= 0.6 is 11.8 Å². The molecule has 3 rings (SSSR count). The highest BCUT2D eigenvalue weighted by atomic mass is 32.2. The van der Waals surface area contributed by atoms with Crippen LogP contribution in [0.25, 0.3) is 5.69 Å². The summed E-state index contributed by atoms with van der Waals surface area (Å²) in [5.74, 6) is 0.0127. The Kier molecular flexibility index (Phi) is 6.31. The molecule has 0 aliphatic carbocycles. The molecule has 0 unspecified atom stereocenters. The lowest BCUT2D eigenvalue weighted by molar-refractivity contribution is -0.118. The molecule has 1 aromatic heterocycles. The number of hydrogen-bond acceptors (Lipinski definition) is 4. The molecule has 0 aliphatic rings. The van der Waals surface area contributed by atoms with Crippen molar-refractivity contribution in [2.45, 2.75) is 32.3 Å². The van der Waals surface area contributed by atoms with E-state index in [0.29, 0.717) is 11.6 Å². The first-order valence-electron chi connectivity index (χ1n) is 9.04. The van der Waals surface area contributed by atoms with E-state index in [1.807, 2.05) is 63.2 Å². The molecule has 144 valence electrons. The number of aryl methyl sites for hydroxylation is 3. The van der Waals surface area contributed by atoms with Crippen molar-refractivity contribution in [1.82, 2.24) is 14.9 Å². The summed E-state index contributed by atoms with van der Waals surface area (Å²) in [4.78, 5) is 29.0. The number of rotatable bonds is 6. The lowest BCUT2D eigenvalue weighted by atomic mass is 10.1. The molecule has 0 radical (unpaired) electrons. The van der Waals surface area contributed by atoms with Gasteiger partial charge < -0.3 is 5.32 Å². The summed E-state index contributed by atoms with van der Waals surface area (Å²) in [7, 11) is 0. The molecule has 1 amide bonds. The summed E-state index contributed by atoms with van der Waals surface area (Å²) in [6.07, 6.45) is 3.23. The van der Waals surface area contributed by atoms with Crippen molar-refractivity contribution < 1.29 is 4.79 Å². The molecule has 1 heterocycles. The van der Waals surface area contributed by atoms with Gasteiger partial charge in [0.15, 0.2) is 5.03 Å². The lowest BCUT2D eigenvalue weighted by Crippen LogP contribution is -2.26. The Hall–Kier alpha value is -2.86. The van der Waals surface area contributed by atoms with E-state index < -0.39 is 0 Å². The number of thioether (sulfide) groups is 1. The van der Waals surface area contributed by atoms with Crippen molar-refractivity contribution in [2.75, 3.05) is 5.75 Å². The molecule has 0 fully saturated rings. The van der Waals surface area contributed by atoms with Gasteiger partial charge in [-0.25, -0.2) is 4.98 Å². The summed E-state index contributed by atoms with van der Waals surface area (Å²) < 4.78 is 1.56. The first-order valence-corrected chi connectivity index (χ1v) is 10.0. The van der Waals surface area contributed by atoms with E-state index in [4.69, 9.17) is 0 Å². The predicted molar refractivity (Wildman–Crippen MR) is 113 cm³/mol. The van der Waals surface area contributed by atoms with Gasteiger partial charge in [-0.3, -0.25) is 14.2 Å². The van der Waals surface area contributed by atoms with Crippen LogP contribution in [0.15, 0.2) is 64.7 Å². The molecule has 6 heteroatoms. The van der Waals surface area contributed by atoms with Crippen molar-refractivity contribution >= 4 is 17.7 Å². The van der Waals surface area contributed by atoms with Gasteiger partial charge in [-0.15, -0.1) is 0 Å². The highest BCUT2D eigenvalue weighted by Crippen LogP contribution is 2.15. The Morgan fingerprint density at radius 2 is 1.82 bits per heavy atom. The average molecular weight is 394 g/mol. The molecular weight excluding hydrogens is 370 g/mol. The maximum absolute atomic E-state index is 12.7. The first kappa shape index (κ1) is 19.9. The van der Waals surface area contributed by atoms with E-state index in [-0.39, 0.29) is 17.2 Å². The molecule has 0 saturated heterocycles. The minimum atomic E-state index is -0.220. The fraction of sp³-hybridized carbons (Fsp3) is 0.227. The van der Waals surface area contributed by atoms with Crippen molar-refractivity contribution in [3.05, 3.63) is 87.5 Å². The van der Waals surface area contributed by atoms with Crippen LogP contribution in [-0.4, -0.2) is 21.2 Å². The molecule has 0 aliphatic heterocycles. The summed E-state index contributed by atoms with van der Waals surface area (Å²) in [6, 6.07) is 13.9. The number of carbonyl (C=O) groups is 1. The van der Waals surface area contributed by atoms with Crippen LogP contribution in [-0.2, 0) is 11.3 Å². The quantitative estimate of drug-likeness (QED) is 0.651. The van der Waals surface area contributed by atoms with E-state index in [1.165, 1.54) is 11.1 Å². The predicted octanol–water partition coefficient (Wildman–Crippen LogP) is 3.57. The SMILES string of the molecule is Cc1ccc(CNC(=O)CSc2nccn(-c3ccc(C)c(C)c3)c2=O)cc1. The van der Waals surface area contributed by atoms with Crippen LogP contribution < -0.4 is 10.9 Å². The molecular formula is C22H23N3O2S. The third-order valence-corrected chi connectivity index (χ3v) is 5.49. The van der Waals surface area contributed by atoms with Gasteiger partial charge in [-0.05, 0) is 49.6 Å². The molecule has 0 atom stereocenters. The molecule has 0 spiro atoms. The van der Waals surface area contributed by atoms with Gasteiger partial charge in [0.1, 0.15) is 0 Å². The Labute approximate surface area is 168 Å². The minimum absolute atomic E-state index is 0.131. The van der Waals surface area contributed by atoms with Crippen LogP contribution in [0, 0.1) is 20.8 Å². The Bertz CT molecular complexity index is 1040. The van der Waals surface area contributed by atoms with Gasteiger partial charge in [-0.1, -0.05) is 47.7 Å². The smallest absolute Gasteiger partial charge is 0.287 e. The first-order chi connectivity index (χ1) is 13.4. The van der Waals surface area contributed by atoms with Gasteiger partial charge in [0.05, 0.1) is 5.75 Å². The van der Waals surface area contributed by atoms with Gasteiger partial charge in [0, 0.05) is 24.6 Å². The second-order valence-corrected chi connectivity index (χ2v) is 7.69. The van der Waals surface area contributed by atoms with Crippen molar-refractivity contribution in [1.29, 1.82) is 0 Å². The van der Waals surface area contributed by atoms with Gasteiger partial charge in [0.2, 0.25) is 5.91 Å². The number of benzene rings is 2. The summed E-state index contributed by atoms with van der Waals surface area (Å²) >= 11 is 1.15. The van der Waals surface area contributed by atoms with Crippen LogP contribution in [0.3, 0.4) is 0 Å². The summed E-state index contributed by atoms with van der Waals surface area (Å²) in [6.45, 7) is 6.54. The zero-order valence-electron chi connectivity index (χ0n) is 16.2. The molecule has 1 N–H and O–H groups in total. The van der Waals surface area contributed by atoms with Crippen molar-refractivity contribution in [3.8, 4) is 5.69 Å². The lowest BCUT2D eigenvalue weighted by Gasteiger charge is -2.09. The highest BCUT2D eigenvalue weighted by Gasteiger charge is 2.10. The number of nitrogens with one attached hydrogen (secondary N) is 1. The van der Waals surface area contributed by atoms with E-state index >= 15 is 0 Å². The molecule has 3 aromatic rings. The molecule has 0 bridgehead atoms. The largest absolute Gasteiger partial charge is 0.351 e. The van der Waals surface area contributed by atoms with E-state index in [9.17, 15) is 9.59 Å². The number of aromatic nitrogens is 2. The third kappa shape index (κ3) is 4.89. The Balaban J connectivity index is 1.64. The van der Waals surface area contributed by atoms with Gasteiger partial charge in [-0.2, -0.15) is 0 Å². The minimum Gasteiger partial charge on any atom is -0.351 e. The van der Waals surface area contributed by atoms with Crippen molar-refractivity contribution in [3.63, 3.8) is 0 Å². The second kappa shape index (κ2) is 8.89. The van der Waals surface area contributed by atoms with Crippen molar-refractivity contribution in [2.24, 2.45) is 0 Å². The molecule has 2 aromatic carbocycles. The summed E-state index contributed by atoms with van der Waals surface area (Å²) in [5.41, 5.74) is 5.08. The van der Waals surface area contributed by atoms with Crippen LogP contribution in [0.2, 0.25) is 0 Å². The Morgan fingerprint density at radius 3 is 2.54 bits per heavy atom. The maximum atomic E-state index is 12.7. The number of carbonyl (C=O) groups excluding carboxylic acids is 1. The zero-order chi connectivity index (χ0) is 20.1. The molecule has 5 nitrogen and oxygen atoms in total. The van der Waals surface area contributed by atoms with E-state index in [1.54, 1.807) is 17.0 Å². The number of amides is 1. The van der Waals surface area contributed by atoms with Crippen LogP contribution in [0.5, 0.6) is 0 Å². The Morgan fingerprint density at radius 1 is 1.07 bits per heavy atom. The monoisotopic (exact) mass is 393 g/mol. The number of nitrogens with zero attached hydrogens (tertiary/aromatic N) is 2. The molecule has 28 heavy (non-hydrogen) atoms. The standard InChI is InChI=1S/C22H23N3O2S/c1-15-4-7-18(8-5-15)13-24-20(26)14-28-21-22(27)25(11-10-23-21)19-9-6-16(2)17(3)12-19/h4-12H,13-14H2,1-3H3,(H,24,26). The van der Waals surface area contributed by atoms with Gasteiger partial charge >= 0.3 is 0 Å². The average Bonchev–Trinajstić information content (AvgIpc) is 2.69. The topological polar surface area (TPSA) is 64.0 Å². The van der Waals surface area contributed by atoms with Crippen LogP contribution in [0.4, 0.5) is 0 Å². The fourth-order valence-electron chi connectivity index (χ4n) is 2.66. The normalized spacial score (nSPS) is 10.7. The van der Waals surface area contributed by atoms with Crippen LogP contribution in [0.1, 0.15) is 22.3 Å². The third-order valence-electron chi connectivity index (χ3n) is 4.53. The summed E-state index contributed by atoms with van der Waals surface area (Å²) in [5, 5.41) is 3.18. The molecule has 0 saturated carbocycles. The fourth-order valence-corrected chi connectivity index (χ4v) is 3.39. The van der Waals surface area contributed by atoms with E-state index in [2.05, 4.69) is 10.3 Å². The van der Waals surface area contributed by atoms with E-state index in [0.717, 1.165) is 28.6 Å². The van der Waals surface area contributed by atoms with Gasteiger partial charge in [0.25, 0.3) is 5.56 Å². The number of hydrogen-bond donors (Lipinski definition) is 1. The second-order valence-electron chi connectivity index (χ2n) is 6.73. The zero-order valence-corrected chi connectivity index (χ0v) is 17.0. The highest BCUT2D eigenvalue weighted by molar-refractivity contribution is 7.99. The maximum Gasteiger partial charge on any atom is 0.287 e.